The van der Waals surface area contributed by atoms with Gasteiger partial charge in [0, 0.05) is 0 Å². The van der Waals surface area contributed by atoms with E-state index in [1.807, 2.05) is 0 Å². The Hall–Kier alpha value is -2.77. The smallest absolute Gasteiger partial charge is 0.326 e. The van der Waals surface area contributed by atoms with Crippen molar-refractivity contribution in [3.63, 3.8) is 0 Å². The van der Waals surface area contributed by atoms with Gasteiger partial charge < -0.3 is 42.7 Å². The highest BCUT2D eigenvalue weighted by atomic mass is 16.4. The highest BCUT2D eigenvalue weighted by molar-refractivity contribution is 5.95. The van der Waals surface area contributed by atoms with E-state index < -0.39 is 72.3 Å². The van der Waals surface area contributed by atoms with E-state index in [2.05, 4.69) is 16.0 Å². The fraction of sp³-hybridized carbons (Fsp3) is 0.737. The van der Waals surface area contributed by atoms with Crippen molar-refractivity contribution in [2.45, 2.75) is 76.7 Å². The molecule has 13 heteroatoms. The minimum Gasteiger partial charge on any atom is -0.481 e. The van der Waals surface area contributed by atoms with Crippen molar-refractivity contribution < 1.29 is 39.3 Å². The van der Waals surface area contributed by atoms with Crippen LogP contribution in [0.3, 0.4) is 0 Å². The van der Waals surface area contributed by atoms with Gasteiger partial charge in [-0.05, 0) is 38.6 Å². The maximum atomic E-state index is 12.7. The first-order valence-corrected chi connectivity index (χ1v) is 10.3. The molecule has 5 atom stereocenters. The third-order valence-corrected chi connectivity index (χ3v) is 4.60. The second kappa shape index (κ2) is 14.3. The summed E-state index contributed by atoms with van der Waals surface area (Å²) in [7, 11) is 0. The van der Waals surface area contributed by atoms with Crippen LogP contribution in [0.25, 0.3) is 0 Å². The topological polar surface area (TPSA) is 234 Å². The largest absolute Gasteiger partial charge is 0.481 e. The highest BCUT2D eigenvalue weighted by Crippen LogP contribution is 2.06. The van der Waals surface area contributed by atoms with E-state index in [9.17, 15) is 34.2 Å². The molecule has 0 spiro atoms. The van der Waals surface area contributed by atoms with Crippen LogP contribution in [-0.4, -0.2) is 81.8 Å². The maximum absolute atomic E-state index is 12.7. The van der Waals surface area contributed by atoms with Crippen LogP contribution in [0.5, 0.6) is 0 Å². The average molecular weight is 462 g/mol. The number of nitrogens with two attached hydrogens (primary N) is 2. The third-order valence-electron chi connectivity index (χ3n) is 4.60. The molecule has 0 fully saturated rings. The Morgan fingerprint density at radius 2 is 1.38 bits per heavy atom. The van der Waals surface area contributed by atoms with Crippen LogP contribution in [0.4, 0.5) is 0 Å². The summed E-state index contributed by atoms with van der Waals surface area (Å²) >= 11 is 0. The monoisotopic (exact) mass is 461 g/mol. The minimum atomic E-state index is -1.50. The molecule has 0 aromatic heterocycles. The van der Waals surface area contributed by atoms with Gasteiger partial charge in [-0.3, -0.25) is 19.2 Å². The molecule has 0 aromatic carbocycles. The van der Waals surface area contributed by atoms with E-state index in [-0.39, 0.29) is 6.42 Å². The molecule has 32 heavy (non-hydrogen) atoms. The molecule has 184 valence electrons. The lowest BCUT2D eigenvalue weighted by Crippen LogP contribution is -2.60. The zero-order valence-corrected chi connectivity index (χ0v) is 18.5. The van der Waals surface area contributed by atoms with Gasteiger partial charge in [-0.15, -0.1) is 0 Å². The summed E-state index contributed by atoms with van der Waals surface area (Å²) in [5.41, 5.74) is 10.9. The zero-order valence-electron chi connectivity index (χ0n) is 18.5. The molecule has 5 unspecified atom stereocenters. The van der Waals surface area contributed by atoms with Crippen molar-refractivity contribution in [3.8, 4) is 0 Å². The molecule has 0 aliphatic rings. The average Bonchev–Trinajstić information content (AvgIpc) is 2.67. The fourth-order valence-electron chi connectivity index (χ4n) is 2.74. The number of carbonyl (C=O) groups is 5. The van der Waals surface area contributed by atoms with Crippen molar-refractivity contribution in [2.24, 2.45) is 17.4 Å². The maximum Gasteiger partial charge on any atom is 0.326 e. The van der Waals surface area contributed by atoms with E-state index in [1.54, 1.807) is 13.8 Å². The molecule has 0 rings (SSSR count). The zero-order chi connectivity index (χ0) is 25.0. The summed E-state index contributed by atoms with van der Waals surface area (Å²) in [4.78, 5) is 59.5. The summed E-state index contributed by atoms with van der Waals surface area (Å²) in [6.45, 7) is 4.80. The second-order valence-corrected chi connectivity index (χ2v) is 7.85. The lowest BCUT2D eigenvalue weighted by Gasteiger charge is -2.28. The van der Waals surface area contributed by atoms with Crippen molar-refractivity contribution in [3.05, 3.63) is 0 Å². The third kappa shape index (κ3) is 10.5. The number of unbranched alkanes of at least 4 members (excludes halogenated alkanes) is 1. The number of carboxylic acid groups (broad SMARTS) is 2. The summed E-state index contributed by atoms with van der Waals surface area (Å²) in [6, 6.07) is -5.30. The minimum absolute atomic E-state index is 0.116. The second-order valence-electron chi connectivity index (χ2n) is 7.85. The number of carboxylic acids is 2. The Kier molecular flexibility index (Phi) is 13.1. The molecule has 0 heterocycles. The number of amides is 3. The molecule has 0 bridgehead atoms. The van der Waals surface area contributed by atoms with E-state index >= 15 is 0 Å². The van der Waals surface area contributed by atoms with Crippen LogP contribution in [0, 0.1) is 5.92 Å². The number of aliphatic hydroxyl groups excluding tert-OH is 1. The van der Waals surface area contributed by atoms with Crippen LogP contribution < -0.4 is 27.4 Å². The van der Waals surface area contributed by atoms with Crippen LogP contribution >= 0.6 is 0 Å². The number of hydrogen-bond acceptors (Lipinski definition) is 8. The normalized spacial score (nSPS) is 15.7. The van der Waals surface area contributed by atoms with Gasteiger partial charge in [-0.25, -0.2) is 4.79 Å². The van der Waals surface area contributed by atoms with Gasteiger partial charge in [0.1, 0.15) is 18.1 Å². The summed E-state index contributed by atoms with van der Waals surface area (Å²) < 4.78 is 0. The molecule has 3 amide bonds. The van der Waals surface area contributed by atoms with Crippen molar-refractivity contribution in [2.75, 3.05) is 6.54 Å². The molecular formula is C19H35N5O8. The quantitative estimate of drug-likeness (QED) is 0.119. The van der Waals surface area contributed by atoms with E-state index in [4.69, 9.17) is 16.6 Å². The van der Waals surface area contributed by atoms with Gasteiger partial charge in [0.2, 0.25) is 17.7 Å². The van der Waals surface area contributed by atoms with Crippen molar-refractivity contribution in [1.82, 2.24) is 16.0 Å². The molecule has 0 saturated carbocycles. The Bertz CT molecular complexity index is 670. The molecule has 0 radical (unpaired) electrons. The Morgan fingerprint density at radius 1 is 0.844 bits per heavy atom. The molecular weight excluding hydrogens is 426 g/mol. The first-order valence-electron chi connectivity index (χ1n) is 10.3. The van der Waals surface area contributed by atoms with Gasteiger partial charge >= 0.3 is 11.9 Å². The Labute approximate surface area is 186 Å². The lowest BCUT2D eigenvalue weighted by atomic mass is 10.0. The van der Waals surface area contributed by atoms with E-state index in [0.29, 0.717) is 19.4 Å². The molecule has 0 aliphatic carbocycles. The number of aliphatic hydroxyl groups is 1. The summed E-state index contributed by atoms with van der Waals surface area (Å²) in [6.07, 6.45) is -0.883. The standard InChI is InChI=1S/C19H35N5O8/c1-9(2)14(23-16(28)11(21)8-13(26)27)17(29)24-15(10(3)25)18(30)22-12(19(31)32)6-4-5-7-20/h9-12,14-15,25H,4-8,20-21H2,1-3H3,(H,22,30)(H,23,28)(H,24,29)(H,26,27)(H,31,32). The number of hydrogen-bond donors (Lipinski definition) is 8. The highest BCUT2D eigenvalue weighted by Gasteiger charge is 2.33. The molecule has 0 aliphatic heterocycles. The SMILES string of the molecule is CC(C)C(NC(=O)C(N)CC(=O)O)C(=O)NC(C(=O)NC(CCCCN)C(=O)O)C(C)O. The van der Waals surface area contributed by atoms with Crippen molar-refractivity contribution in [1.29, 1.82) is 0 Å². The van der Waals surface area contributed by atoms with Crippen LogP contribution in [0.15, 0.2) is 0 Å². The predicted octanol–water partition coefficient (Wildman–Crippen LogP) is -2.51. The fourth-order valence-corrected chi connectivity index (χ4v) is 2.74. The van der Waals surface area contributed by atoms with Gasteiger partial charge in [-0.2, -0.15) is 0 Å². The van der Waals surface area contributed by atoms with Crippen LogP contribution in [0.1, 0.15) is 46.5 Å². The first kappa shape index (κ1) is 29.2. The number of aliphatic carboxylic acids is 2. The molecule has 0 saturated heterocycles. The van der Waals surface area contributed by atoms with Gasteiger partial charge in [-0.1, -0.05) is 13.8 Å². The molecule has 10 N–H and O–H groups in total. The Balaban J connectivity index is 5.30. The molecule has 13 nitrogen and oxygen atoms in total. The van der Waals surface area contributed by atoms with Gasteiger partial charge in [0.25, 0.3) is 0 Å². The van der Waals surface area contributed by atoms with E-state index in [0.717, 1.165) is 0 Å². The summed E-state index contributed by atoms with van der Waals surface area (Å²) in [5, 5.41) is 35.0. The Morgan fingerprint density at radius 3 is 1.81 bits per heavy atom. The lowest BCUT2D eigenvalue weighted by molar-refractivity contribution is -0.143. The van der Waals surface area contributed by atoms with Crippen LogP contribution in [-0.2, 0) is 24.0 Å². The number of nitrogens with one attached hydrogen (secondary N) is 3. The van der Waals surface area contributed by atoms with Gasteiger partial charge in [0.15, 0.2) is 0 Å². The van der Waals surface area contributed by atoms with Crippen LogP contribution in [0.2, 0.25) is 0 Å². The predicted molar refractivity (Wildman–Crippen MR) is 113 cm³/mol. The number of carbonyl (C=O) groups excluding carboxylic acids is 3. The number of rotatable bonds is 15. The molecule has 0 aromatic rings. The van der Waals surface area contributed by atoms with Crippen molar-refractivity contribution >= 4 is 29.7 Å². The first-order chi connectivity index (χ1) is 14.8. The van der Waals surface area contributed by atoms with Gasteiger partial charge in [0.05, 0.1) is 18.6 Å². The van der Waals surface area contributed by atoms with E-state index in [1.165, 1.54) is 6.92 Å². The summed E-state index contributed by atoms with van der Waals surface area (Å²) in [5.74, 6) is -5.65.